The first kappa shape index (κ1) is 11.1. The van der Waals surface area contributed by atoms with E-state index in [0.717, 1.165) is 11.1 Å². The van der Waals surface area contributed by atoms with E-state index in [9.17, 15) is 8.78 Å². The van der Waals surface area contributed by atoms with E-state index >= 15 is 0 Å². The van der Waals surface area contributed by atoms with Crippen LogP contribution < -0.4 is 0 Å². The number of benzene rings is 1. The minimum Gasteiger partial charge on any atom is -0.377 e. The molecular formula is C11H14F2O. The molecule has 1 rings (SSSR count). The Morgan fingerprint density at radius 3 is 2.21 bits per heavy atom. The van der Waals surface area contributed by atoms with Crippen molar-refractivity contribution in [3.05, 3.63) is 35.4 Å². The van der Waals surface area contributed by atoms with Crippen LogP contribution in [0.3, 0.4) is 0 Å². The third kappa shape index (κ3) is 3.07. The van der Waals surface area contributed by atoms with Gasteiger partial charge in [0.15, 0.2) is 0 Å². The Balaban J connectivity index is 2.73. The largest absolute Gasteiger partial charge is 0.377 e. The molecule has 0 fully saturated rings. The Kier molecular flexibility index (Phi) is 4.01. The van der Waals surface area contributed by atoms with E-state index in [1.807, 2.05) is 31.2 Å². The molecule has 0 heterocycles. The summed E-state index contributed by atoms with van der Waals surface area (Å²) in [5.41, 5.74) is 1.92. The fourth-order valence-corrected chi connectivity index (χ4v) is 1.31. The molecule has 1 unspecified atom stereocenters. The summed E-state index contributed by atoms with van der Waals surface area (Å²) in [6.07, 6.45) is -3.09. The molecule has 0 spiro atoms. The summed E-state index contributed by atoms with van der Waals surface area (Å²) in [7, 11) is 1.45. The number of ether oxygens (including phenoxy) is 1. The molecule has 3 heteroatoms. The molecule has 0 bridgehead atoms. The smallest absolute Gasteiger partial charge is 0.241 e. The molecule has 1 aromatic carbocycles. The molecule has 0 aromatic heterocycles. The fourth-order valence-electron chi connectivity index (χ4n) is 1.31. The number of alkyl halides is 2. The molecule has 78 valence electrons. The van der Waals surface area contributed by atoms with Crippen LogP contribution in [0.5, 0.6) is 0 Å². The third-order valence-corrected chi connectivity index (χ3v) is 2.13. The van der Waals surface area contributed by atoms with Gasteiger partial charge in [0.05, 0.1) is 6.10 Å². The molecular weight excluding hydrogens is 186 g/mol. The van der Waals surface area contributed by atoms with Gasteiger partial charge in [-0.15, -0.1) is 0 Å². The van der Waals surface area contributed by atoms with Crippen molar-refractivity contribution in [2.24, 2.45) is 0 Å². The average molecular weight is 200 g/mol. The van der Waals surface area contributed by atoms with Crippen LogP contribution in [0.15, 0.2) is 24.3 Å². The highest BCUT2D eigenvalue weighted by Crippen LogP contribution is 2.23. The van der Waals surface area contributed by atoms with Gasteiger partial charge in [-0.3, -0.25) is 0 Å². The maximum Gasteiger partial charge on any atom is 0.241 e. The van der Waals surface area contributed by atoms with E-state index in [2.05, 4.69) is 0 Å². The topological polar surface area (TPSA) is 9.23 Å². The zero-order valence-electron chi connectivity index (χ0n) is 8.34. The summed E-state index contributed by atoms with van der Waals surface area (Å²) in [5.74, 6) is 0. The quantitative estimate of drug-likeness (QED) is 0.724. The Morgan fingerprint density at radius 2 is 1.79 bits per heavy atom. The van der Waals surface area contributed by atoms with Gasteiger partial charge in [0.2, 0.25) is 6.43 Å². The van der Waals surface area contributed by atoms with Crippen molar-refractivity contribution in [2.75, 3.05) is 7.11 Å². The first-order chi connectivity index (χ1) is 6.63. The minimum atomic E-state index is -2.33. The van der Waals surface area contributed by atoms with Crippen molar-refractivity contribution in [1.29, 1.82) is 0 Å². The zero-order valence-corrected chi connectivity index (χ0v) is 8.34. The highest BCUT2D eigenvalue weighted by Gasteiger charge is 2.15. The molecule has 0 aliphatic heterocycles. The predicted molar refractivity (Wildman–Crippen MR) is 51.6 cm³/mol. The molecule has 0 saturated heterocycles. The third-order valence-electron chi connectivity index (χ3n) is 2.13. The van der Waals surface area contributed by atoms with Crippen LogP contribution in [-0.2, 0) is 4.74 Å². The van der Waals surface area contributed by atoms with E-state index in [1.165, 1.54) is 7.11 Å². The van der Waals surface area contributed by atoms with Crippen LogP contribution in [-0.4, -0.2) is 13.5 Å². The Morgan fingerprint density at radius 1 is 1.21 bits per heavy atom. The fraction of sp³-hybridized carbons (Fsp3) is 0.455. The van der Waals surface area contributed by atoms with Crippen molar-refractivity contribution in [2.45, 2.75) is 25.9 Å². The maximum atomic E-state index is 12.2. The lowest BCUT2D eigenvalue weighted by Crippen LogP contribution is -2.06. The van der Waals surface area contributed by atoms with E-state index in [-0.39, 0.29) is 6.42 Å². The molecule has 0 aliphatic rings. The van der Waals surface area contributed by atoms with Gasteiger partial charge < -0.3 is 4.74 Å². The van der Waals surface area contributed by atoms with Crippen molar-refractivity contribution < 1.29 is 13.5 Å². The molecule has 0 amide bonds. The summed E-state index contributed by atoms with van der Waals surface area (Å²) in [6.45, 7) is 1.96. The van der Waals surface area contributed by atoms with Crippen molar-refractivity contribution in [3.63, 3.8) is 0 Å². The molecule has 1 nitrogen and oxygen atoms in total. The molecule has 1 atom stereocenters. The lowest BCUT2D eigenvalue weighted by molar-refractivity contribution is 0.0304. The van der Waals surface area contributed by atoms with Crippen molar-refractivity contribution >= 4 is 0 Å². The SMILES string of the molecule is COC(CC(F)F)c1ccc(C)cc1. The Hall–Kier alpha value is -0.960. The van der Waals surface area contributed by atoms with Gasteiger partial charge in [-0.2, -0.15) is 0 Å². The number of hydrogen-bond donors (Lipinski definition) is 0. The van der Waals surface area contributed by atoms with E-state index in [4.69, 9.17) is 4.74 Å². The number of rotatable bonds is 4. The van der Waals surface area contributed by atoms with Gasteiger partial charge in [0.1, 0.15) is 0 Å². The monoisotopic (exact) mass is 200 g/mol. The zero-order chi connectivity index (χ0) is 10.6. The lowest BCUT2D eigenvalue weighted by Gasteiger charge is -2.15. The molecule has 14 heavy (non-hydrogen) atoms. The predicted octanol–water partition coefficient (Wildman–Crippen LogP) is 3.34. The second-order valence-electron chi connectivity index (χ2n) is 3.26. The second-order valence-corrected chi connectivity index (χ2v) is 3.26. The normalized spacial score (nSPS) is 13.2. The molecule has 0 saturated carbocycles. The standard InChI is InChI=1S/C11H14F2O/c1-8-3-5-9(6-4-8)10(14-2)7-11(12)13/h3-6,10-11H,7H2,1-2H3. The van der Waals surface area contributed by atoms with Gasteiger partial charge in [-0.25, -0.2) is 8.78 Å². The van der Waals surface area contributed by atoms with Crippen LogP contribution in [0.2, 0.25) is 0 Å². The summed E-state index contributed by atoms with van der Waals surface area (Å²) < 4.78 is 29.3. The van der Waals surface area contributed by atoms with Crippen LogP contribution in [0.25, 0.3) is 0 Å². The lowest BCUT2D eigenvalue weighted by atomic mass is 10.1. The highest BCUT2D eigenvalue weighted by molar-refractivity contribution is 5.23. The van der Waals surface area contributed by atoms with Crippen molar-refractivity contribution in [1.82, 2.24) is 0 Å². The van der Waals surface area contributed by atoms with Crippen LogP contribution in [0.1, 0.15) is 23.7 Å². The molecule has 1 aromatic rings. The highest BCUT2D eigenvalue weighted by atomic mass is 19.3. The van der Waals surface area contributed by atoms with E-state index < -0.39 is 12.5 Å². The van der Waals surface area contributed by atoms with E-state index in [1.54, 1.807) is 0 Å². The van der Waals surface area contributed by atoms with Gasteiger partial charge in [0.25, 0.3) is 0 Å². The van der Waals surface area contributed by atoms with Gasteiger partial charge in [-0.05, 0) is 12.5 Å². The first-order valence-electron chi connectivity index (χ1n) is 4.51. The summed E-state index contributed by atoms with van der Waals surface area (Å²) in [6, 6.07) is 7.44. The average Bonchev–Trinajstić information content (AvgIpc) is 2.15. The number of hydrogen-bond acceptors (Lipinski definition) is 1. The van der Waals surface area contributed by atoms with E-state index in [0.29, 0.717) is 0 Å². The minimum absolute atomic E-state index is 0.250. The number of halogens is 2. The molecule has 0 N–H and O–H groups in total. The van der Waals surface area contributed by atoms with Crippen LogP contribution in [0.4, 0.5) is 8.78 Å². The summed E-state index contributed by atoms with van der Waals surface area (Å²) >= 11 is 0. The maximum absolute atomic E-state index is 12.2. The van der Waals surface area contributed by atoms with Gasteiger partial charge in [0, 0.05) is 13.5 Å². The Labute approximate surface area is 82.7 Å². The Bertz CT molecular complexity index is 269. The summed E-state index contributed by atoms with van der Waals surface area (Å²) in [5, 5.41) is 0. The first-order valence-corrected chi connectivity index (χ1v) is 4.51. The van der Waals surface area contributed by atoms with Gasteiger partial charge >= 0.3 is 0 Å². The molecule has 0 radical (unpaired) electrons. The van der Waals surface area contributed by atoms with Crippen LogP contribution in [0, 0.1) is 6.92 Å². The number of aryl methyl sites for hydroxylation is 1. The summed E-state index contributed by atoms with van der Waals surface area (Å²) in [4.78, 5) is 0. The van der Waals surface area contributed by atoms with Crippen LogP contribution >= 0.6 is 0 Å². The number of methoxy groups -OCH3 is 1. The van der Waals surface area contributed by atoms with Crippen molar-refractivity contribution in [3.8, 4) is 0 Å². The van der Waals surface area contributed by atoms with Gasteiger partial charge in [-0.1, -0.05) is 29.8 Å². The second kappa shape index (κ2) is 5.05. The molecule has 0 aliphatic carbocycles.